The van der Waals surface area contributed by atoms with Crippen molar-refractivity contribution < 1.29 is 5.11 Å². The second kappa shape index (κ2) is 9.80. The predicted octanol–water partition coefficient (Wildman–Crippen LogP) is 4.08. The molecule has 0 saturated heterocycles. The lowest BCUT2D eigenvalue weighted by atomic mass is 10.1. The number of anilines is 1. The number of benzene rings is 1. The maximum absolute atomic E-state index is 10.4. The van der Waals surface area contributed by atoms with Gasteiger partial charge in [0.2, 0.25) is 0 Å². The highest BCUT2D eigenvalue weighted by Crippen LogP contribution is 2.19. The van der Waals surface area contributed by atoms with Crippen LogP contribution in [-0.2, 0) is 0 Å². The van der Waals surface area contributed by atoms with Crippen molar-refractivity contribution >= 4 is 5.69 Å². The Kier molecular flexibility index (Phi) is 8.40. The molecule has 120 valence electrons. The van der Waals surface area contributed by atoms with Crippen LogP contribution in [0.25, 0.3) is 0 Å². The number of aliphatic hydroxyl groups excluding tert-OH is 1. The molecule has 1 aromatic carbocycles. The van der Waals surface area contributed by atoms with E-state index in [9.17, 15) is 5.11 Å². The second-order valence-electron chi connectivity index (χ2n) is 5.61. The van der Waals surface area contributed by atoms with Crippen LogP contribution in [0.5, 0.6) is 0 Å². The molecule has 0 spiro atoms. The predicted molar refractivity (Wildman–Crippen MR) is 91.7 cm³/mol. The monoisotopic (exact) mass is 292 g/mol. The van der Waals surface area contributed by atoms with Gasteiger partial charge in [0, 0.05) is 24.8 Å². The Labute approximate surface area is 130 Å². The van der Waals surface area contributed by atoms with Crippen LogP contribution in [0.3, 0.4) is 0 Å². The van der Waals surface area contributed by atoms with Crippen LogP contribution >= 0.6 is 0 Å². The van der Waals surface area contributed by atoms with Gasteiger partial charge in [-0.15, -0.1) is 0 Å². The number of rotatable bonds is 10. The van der Waals surface area contributed by atoms with Crippen LogP contribution < -0.4 is 10.2 Å². The van der Waals surface area contributed by atoms with Crippen LogP contribution in [0.1, 0.15) is 65.2 Å². The molecule has 0 radical (unpaired) electrons. The van der Waals surface area contributed by atoms with Gasteiger partial charge in [0.25, 0.3) is 0 Å². The van der Waals surface area contributed by atoms with E-state index >= 15 is 0 Å². The van der Waals surface area contributed by atoms with E-state index in [4.69, 9.17) is 0 Å². The lowest BCUT2D eigenvalue weighted by Crippen LogP contribution is -2.32. The normalized spacial score (nSPS) is 12.7. The Morgan fingerprint density at radius 3 is 1.90 bits per heavy atom. The molecule has 3 nitrogen and oxygen atoms in total. The number of hydrogen-bond acceptors (Lipinski definition) is 3. The Morgan fingerprint density at radius 1 is 0.952 bits per heavy atom. The molecular formula is C18H32N2O. The van der Waals surface area contributed by atoms with E-state index < -0.39 is 6.23 Å². The highest BCUT2D eigenvalue weighted by atomic mass is 16.3. The molecule has 0 aliphatic carbocycles. The highest BCUT2D eigenvalue weighted by Gasteiger charge is 2.13. The zero-order valence-electron chi connectivity index (χ0n) is 14.1. The molecule has 0 fully saturated rings. The van der Waals surface area contributed by atoms with E-state index in [0.29, 0.717) is 6.04 Å². The summed E-state index contributed by atoms with van der Waals surface area (Å²) in [7, 11) is 0. The molecule has 0 heterocycles. The first-order chi connectivity index (χ1) is 10.2. The Balaban J connectivity index is 2.67. The fourth-order valence-electron chi connectivity index (χ4n) is 2.78. The summed E-state index contributed by atoms with van der Waals surface area (Å²) < 4.78 is 0. The molecule has 2 N–H and O–H groups in total. The molecule has 3 heteroatoms. The third kappa shape index (κ3) is 5.68. The molecule has 0 amide bonds. The topological polar surface area (TPSA) is 35.5 Å². The van der Waals surface area contributed by atoms with Gasteiger partial charge < -0.3 is 10.0 Å². The summed E-state index contributed by atoms with van der Waals surface area (Å²) in [5, 5.41) is 13.7. The van der Waals surface area contributed by atoms with Gasteiger partial charge in [-0.3, -0.25) is 5.32 Å². The van der Waals surface area contributed by atoms with Crippen molar-refractivity contribution in [1.82, 2.24) is 5.32 Å². The first-order valence-electron chi connectivity index (χ1n) is 8.45. The summed E-state index contributed by atoms with van der Waals surface area (Å²) in [6.45, 7) is 10.7. The van der Waals surface area contributed by atoms with E-state index in [2.05, 4.69) is 50.0 Å². The van der Waals surface area contributed by atoms with Crippen LogP contribution in [0.15, 0.2) is 24.3 Å². The molecule has 1 unspecified atom stereocenters. The molecule has 0 saturated carbocycles. The summed E-state index contributed by atoms with van der Waals surface area (Å²) in [6.07, 6.45) is 3.94. The molecule has 21 heavy (non-hydrogen) atoms. The quantitative estimate of drug-likeness (QED) is 0.638. The maximum atomic E-state index is 10.4. The van der Waals surface area contributed by atoms with Crippen molar-refractivity contribution in [3.63, 3.8) is 0 Å². The minimum Gasteiger partial charge on any atom is -0.374 e. The largest absolute Gasteiger partial charge is 0.374 e. The first kappa shape index (κ1) is 18.0. The second-order valence-corrected chi connectivity index (χ2v) is 5.61. The minimum absolute atomic E-state index is 0.400. The van der Waals surface area contributed by atoms with E-state index in [1.54, 1.807) is 0 Å². The summed E-state index contributed by atoms with van der Waals surface area (Å²) >= 11 is 0. The summed E-state index contributed by atoms with van der Waals surface area (Å²) in [6, 6.07) is 8.65. The van der Waals surface area contributed by atoms with Crippen molar-refractivity contribution in [2.75, 3.05) is 18.0 Å². The van der Waals surface area contributed by atoms with E-state index in [1.807, 2.05) is 12.1 Å². The van der Waals surface area contributed by atoms with Gasteiger partial charge in [-0.25, -0.2) is 0 Å². The zero-order chi connectivity index (χ0) is 15.7. The molecule has 0 aliphatic rings. The van der Waals surface area contributed by atoms with Crippen LogP contribution in [-0.4, -0.2) is 24.2 Å². The highest BCUT2D eigenvalue weighted by molar-refractivity contribution is 5.47. The Hall–Kier alpha value is -1.06. The van der Waals surface area contributed by atoms with Gasteiger partial charge in [-0.05, 0) is 44.4 Å². The van der Waals surface area contributed by atoms with Crippen molar-refractivity contribution in [3.8, 4) is 0 Å². The van der Waals surface area contributed by atoms with E-state index in [-0.39, 0.29) is 0 Å². The Bertz CT molecular complexity index is 367. The third-order valence-corrected chi connectivity index (χ3v) is 4.01. The van der Waals surface area contributed by atoms with Gasteiger partial charge in [-0.1, -0.05) is 38.8 Å². The lowest BCUT2D eigenvalue weighted by Gasteiger charge is -2.24. The molecular weight excluding hydrogens is 260 g/mol. The fraction of sp³-hybridized carbons (Fsp3) is 0.667. The summed E-state index contributed by atoms with van der Waals surface area (Å²) in [5.74, 6) is 0. The van der Waals surface area contributed by atoms with Gasteiger partial charge in [0.1, 0.15) is 6.23 Å². The average molecular weight is 292 g/mol. The molecule has 1 rings (SSSR count). The number of hydrogen-bond donors (Lipinski definition) is 2. The van der Waals surface area contributed by atoms with E-state index in [0.717, 1.165) is 44.3 Å². The molecule has 0 bridgehead atoms. The number of nitrogens with one attached hydrogen (secondary N) is 1. The van der Waals surface area contributed by atoms with Gasteiger partial charge in [-0.2, -0.15) is 0 Å². The van der Waals surface area contributed by atoms with Crippen molar-refractivity contribution in [3.05, 3.63) is 29.8 Å². The molecule has 0 aromatic heterocycles. The molecule has 0 aliphatic heterocycles. The van der Waals surface area contributed by atoms with Gasteiger partial charge >= 0.3 is 0 Å². The zero-order valence-corrected chi connectivity index (χ0v) is 14.1. The van der Waals surface area contributed by atoms with Gasteiger partial charge in [0.05, 0.1) is 0 Å². The van der Waals surface area contributed by atoms with Crippen molar-refractivity contribution in [1.29, 1.82) is 0 Å². The fourth-order valence-corrected chi connectivity index (χ4v) is 2.78. The maximum Gasteiger partial charge on any atom is 0.131 e. The number of aliphatic hydroxyl groups is 1. The smallest absolute Gasteiger partial charge is 0.131 e. The minimum atomic E-state index is -0.571. The van der Waals surface area contributed by atoms with Crippen molar-refractivity contribution in [2.24, 2.45) is 0 Å². The SMILES string of the molecule is CCCC(CCC)NC(O)c1ccc(N(CC)CC)cc1. The van der Waals surface area contributed by atoms with Crippen LogP contribution in [0.4, 0.5) is 5.69 Å². The summed E-state index contributed by atoms with van der Waals surface area (Å²) in [5.41, 5.74) is 2.16. The van der Waals surface area contributed by atoms with Crippen molar-refractivity contribution in [2.45, 2.75) is 65.6 Å². The lowest BCUT2D eigenvalue weighted by molar-refractivity contribution is 0.118. The molecule has 1 atom stereocenters. The van der Waals surface area contributed by atoms with Gasteiger partial charge in [0.15, 0.2) is 0 Å². The summed E-state index contributed by atoms with van der Waals surface area (Å²) in [4.78, 5) is 2.31. The first-order valence-corrected chi connectivity index (χ1v) is 8.45. The average Bonchev–Trinajstić information content (AvgIpc) is 2.49. The Morgan fingerprint density at radius 2 is 1.48 bits per heavy atom. The van der Waals surface area contributed by atoms with E-state index in [1.165, 1.54) is 5.69 Å². The van der Waals surface area contributed by atoms with Crippen LogP contribution in [0.2, 0.25) is 0 Å². The standard InChI is InChI=1S/C18H32N2O/c1-5-9-16(10-6-2)19-18(21)15-11-13-17(14-12-15)20(7-3)8-4/h11-14,16,18-19,21H,5-10H2,1-4H3. The van der Waals surface area contributed by atoms with Crippen LogP contribution in [0, 0.1) is 0 Å². The molecule has 1 aromatic rings. The number of nitrogens with zero attached hydrogens (tertiary/aromatic N) is 1. The third-order valence-electron chi connectivity index (χ3n) is 4.01.